The van der Waals surface area contributed by atoms with Crippen LogP contribution in [0.2, 0.25) is 5.02 Å². The molecule has 0 bridgehead atoms. The predicted molar refractivity (Wildman–Crippen MR) is 108 cm³/mol. The average Bonchev–Trinajstić information content (AvgIpc) is 2.64. The van der Waals surface area contributed by atoms with Crippen molar-refractivity contribution in [3.63, 3.8) is 0 Å². The summed E-state index contributed by atoms with van der Waals surface area (Å²) in [5, 5.41) is 4.77. The number of benzene rings is 2. The van der Waals surface area contributed by atoms with Crippen molar-refractivity contribution in [3.8, 4) is 5.75 Å². The summed E-state index contributed by atoms with van der Waals surface area (Å²) in [6, 6.07) is 15.8. The van der Waals surface area contributed by atoms with Crippen molar-refractivity contribution in [1.82, 2.24) is 9.80 Å². The lowest BCUT2D eigenvalue weighted by Crippen LogP contribution is -2.49. The molecule has 4 nitrogen and oxygen atoms in total. The van der Waals surface area contributed by atoms with E-state index in [9.17, 15) is 0 Å². The molecular weight excluding hydrogens is 354 g/mol. The molecule has 0 unspecified atom stereocenters. The number of nitrogens with zero attached hydrogens (tertiary/aromatic N) is 2. The summed E-state index contributed by atoms with van der Waals surface area (Å²) in [7, 11) is 1.70. The van der Waals surface area contributed by atoms with Crippen molar-refractivity contribution in [2.75, 3.05) is 38.6 Å². The molecule has 1 aliphatic rings. The Balaban J connectivity index is 1.49. The van der Waals surface area contributed by atoms with Gasteiger partial charge in [0.15, 0.2) is 5.11 Å². The molecule has 1 aliphatic heterocycles. The summed E-state index contributed by atoms with van der Waals surface area (Å²) in [5.41, 5.74) is 2.24. The van der Waals surface area contributed by atoms with Gasteiger partial charge in [-0.1, -0.05) is 23.7 Å². The molecule has 0 amide bonds. The molecule has 1 heterocycles. The zero-order valence-electron chi connectivity index (χ0n) is 14.2. The Bertz CT molecular complexity index is 715. The first-order valence-electron chi connectivity index (χ1n) is 8.31. The average molecular weight is 376 g/mol. The topological polar surface area (TPSA) is 27.7 Å². The van der Waals surface area contributed by atoms with Crippen molar-refractivity contribution >= 4 is 34.6 Å². The second-order valence-electron chi connectivity index (χ2n) is 6.05. The van der Waals surface area contributed by atoms with Crippen LogP contribution in [0.1, 0.15) is 5.56 Å². The fraction of sp³-hybridized carbons (Fsp3) is 0.316. The molecule has 1 fully saturated rings. The number of piperazine rings is 1. The van der Waals surface area contributed by atoms with Crippen LogP contribution in [-0.2, 0) is 6.54 Å². The number of hydrogen-bond acceptors (Lipinski definition) is 3. The minimum atomic E-state index is 0.725. The second kappa shape index (κ2) is 8.52. The van der Waals surface area contributed by atoms with E-state index < -0.39 is 0 Å². The highest BCUT2D eigenvalue weighted by molar-refractivity contribution is 7.80. The lowest BCUT2D eigenvalue weighted by atomic mass is 10.2. The summed E-state index contributed by atoms with van der Waals surface area (Å²) in [5.74, 6) is 0.907. The zero-order valence-corrected chi connectivity index (χ0v) is 15.8. The van der Waals surface area contributed by atoms with Gasteiger partial charge in [0, 0.05) is 43.4 Å². The first-order chi connectivity index (χ1) is 12.1. The summed E-state index contributed by atoms with van der Waals surface area (Å²) in [6.07, 6.45) is 0. The van der Waals surface area contributed by atoms with Gasteiger partial charge < -0.3 is 15.0 Å². The Labute approximate surface area is 159 Å². The maximum absolute atomic E-state index is 5.91. The third-order valence-electron chi connectivity index (χ3n) is 4.30. The van der Waals surface area contributed by atoms with Gasteiger partial charge in [-0.25, -0.2) is 0 Å². The molecular formula is C19H22ClN3OS. The van der Waals surface area contributed by atoms with Crippen molar-refractivity contribution in [1.29, 1.82) is 0 Å². The number of anilines is 1. The van der Waals surface area contributed by atoms with E-state index in [0.29, 0.717) is 0 Å². The fourth-order valence-electron chi connectivity index (χ4n) is 2.87. The number of nitrogens with one attached hydrogen (secondary N) is 1. The fourth-order valence-corrected chi connectivity index (χ4v) is 3.30. The molecule has 25 heavy (non-hydrogen) atoms. The molecule has 0 atom stereocenters. The van der Waals surface area contributed by atoms with E-state index in [2.05, 4.69) is 27.2 Å². The Morgan fingerprint density at radius 2 is 1.84 bits per heavy atom. The zero-order chi connectivity index (χ0) is 17.6. The van der Waals surface area contributed by atoms with Gasteiger partial charge in [-0.3, -0.25) is 4.90 Å². The van der Waals surface area contributed by atoms with E-state index in [1.807, 2.05) is 36.4 Å². The summed E-state index contributed by atoms with van der Waals surface area (Å²) in [4.78, 5) is 4.65. The van der Waals surface area contributed by atoms with Crippen LogP contribution >= 0.6 is 23.8 Å². The Morgan fingerprint density at radius 1 is 1.12 bits per heavy atom. The molecule has 0 spiro atoms. The highest BCUT2D eigenvalue weighted by Crippen LogP contribution is 2.17. The molecule has 0 aromatic heterocycles. The lowest BCUT2D eigenvalue weighted by Gasteiger charge is -2.36. The summed E-state index contributed by atoms with van der Waals surface area (Å²) >= 11 is 11.5. The molecule has 1 saturated heterocycles. The van der Waals surface area contributed by atoms with Gasteiger partial charge >= 0.3 is 0 Å². The van der Waals surface area contributed by atoms with Gasteiger partial charge in [0.25, 0.3) is 0 Å². The SMILES string of the molecule is COc1cccc(CN2CCN(C(=S)Nc3ccc(Cl)cc3)CC2)c1. The highest BCUT2D eigenvalue weighted by Gasteiger charge is 2.19. The van der Waals surface area contributed by atoms with E-state index in [1.165, 1.54) is 5.56 Å². The van der Waals surface area contributed by atoms with Crippen molar-refractivity contribution in [3.05, 3.63) is 59.1 Å². The van der Waals surface area contributed by atoms with Crippen molar-refractivity contribution in [2.45, 2.75) is 6.54 Å². The van der Waals surface area contributed by atoms with Crippen LogP contribution in [0.15, 0.2) is 48.5 Å². The number of thiocarbonyl (C=S) groups is 1. The van der Waals surface area contributed by atoms with Crippen molar-refractivity contribution < 1.29 is 4.74 Å². The number of halogens is 1. The third kappa shape index (κ3) is 5.08. The minimum Gasteiger partial charge on any atom is -0.497 e. The van der Waals surface area contributed by atoms with Crippen LogP contribution in [0.3, 0.4) is 0 Å². The summed E-state index contributed by atoms with van der Waals surface area (Å²) in [6.45, 7) is 4.74. The smallest absolute Gasteiger partial charge is 0.173 e. The Morgan fingerprint density at radius 3 is 2.52 bits per heavy atom. The van der Waals surface area contributed by atoms with E-state index in [-0.39, 0.29) is 0 Å². The van der Waals surface area contributed by atoms with Crippen LogP contribution in [0.4, 0.5) is 5.69 Å². The first kappa shape index (κ1) is 18.0. The number of rotatable bonds is 4. The molecule has 2 aromatic rings. The highest BCUT2D eigenvalue weighted by atomic mass is 35.5. The summed E-state index contributed by atoms with van der Waals surface area (Å²) < 4.78 is 5.30. The van der Waals surface area contributed by atoms with Gasteiger partial charge in [-0.05, 0) is 54.2 Å². The molecule has 3 rings (SSSR count). The van der Waals surface area contributed by atoms with Gasteiger partial charge in [0.2, 0.25) is 0 Å². The van der Waals surface area contributed by atoms with Gasteiger partial charge in [-0.2, -0.15) is 0 Å². The standard InChI is InChI=1S/C19H22ClN3OS/c1-24-18-4-2-3-15(13-18)14-22-9-11-23(12-10-22)19(25)21-17-7-5-16(20)6-8-17/h2-8,13H,9-12,14H2,1H3,(H,21,25). The predicted octanol–water partition coefficient (Wildman–Crippen LogP) is 3.86. The lowest BCUT2D eigenvalue weighted by molar-refractivity contribution is 0.177. The van der Waals surface area contributed by atoms with Gasteiger partial charge in [0.05, 0.1) is 7.11 Å². The van der Waals surface area contributed by atoms with E-state index in [0.717, 1.165) is 54.3 Å². The normalized spacial score (nSPS) is 15.0. The minimum absolute atomic E-state index is 0.725. The maximum Gasteiger partial charge on any atom is 0.173 e. The van der Waals surface area contributed by atoms with E-state index >= 15 is 0 Å². The maximum atomic E-state index is 5.91. The third-order valence-corrected chi connectivity index (χ3v) is 4.91. The largest absolute Gasteiger partial charge is 0.497 e. The van der Waals surface area contributed by atoms with Crippen LogP contribution in [0, 0.1) is 0 Å². The molecule has 0 radical (unpaired) electrons. The Kier molecular flexibility index (Phi) is 6.13. The molecule has 0 saturated carbocycles. The molecule has 6 heteroatoms. The van der Waals surface area contributed by atoms with Crippen molar-refractivity contribution in [2.24, 2.45) is 0 Å². The number of methoxy groups -OCH3 is 1. The Hall–Kier alpha value is -1.82. The van der Waals surface area contributed by atoms with E-state index in [1.54, 1.807) is 7.11 Å². The van der Waals surface area contributed by atoms with Crippen LogP contribution < -0.4 is 10.1 Å². The van der Waals surface area contributed by atoms with Gasteiger partial charge in [0.1, 0.15) is 5.75 Å². The van der Waals surface area contributed by atoms with Gasteiger partial charge in [-0.15, -0.1) is 0 Å². The van der Waals surface area contributed by atoms with Crippen LogP contribution in [-0.4, -0.2) is 48.2 Å². The quantitative estimate of drug-likeness (QED) is 0.819. The first-order valence-corrected chi connectivity index (χ1v) is 9.09. The van der Waals surface area contributed by atoms with E-state index in [4.69, 9.17) is 28.6 Å². The monoisotopic (exact) mass is 375 g/mol. The molecule has 132 valence electrons. The van der Waals surface area contributed by atoms with Crippen LogP contribution in [0.25, 0.3) is 0 Å². The molecule has 1 N–H and O–H groups in total. The second-order valence-corrected chi connectivity index (χ2v) is 6.87. The number of ether oxygens (including phenoxy) is 1. The van der Waals surface area contributed by atoms with Crippen LogP contribution in [0.5, 0.6) is 5.75 Å². The molecule has 2 aromatic carbocycles. The number of hydrogen-bond donors (Lipinski definition) is 1. The molecule has 0 aliphatic carbocycles.